The second-order valence-corrected chi connectivity index (χ2v) is 6.93. The standard InChI is InChI=1S/C19H14Cl2N4O2/c1-10-15-17(27-24-10)16(14-4-3-9-22-18(14)21)23-25(19(15)26)11(2)12-5-7-13(20)8-6-12/h3-9,11H,1-2H3. The van der Waals surface area contributed by atoms with Gasteiger partial charge in [-0.25, -0.2) is 9.67 Å². The Bertz CT molecular complexity index is 1200. The number of pyridine rings is 1. The molecule has 0 radical (unpaired) electrons. The number of rotatable bonds is 3. The number of halogens is 2. The van der Waals surface area contributed by atoms with E-state index in [-0.39, 0.29) is 16.8 Å². The number of aryl methyl sites for hydroxylation is 1. The van der Waals surface area contributed by atoms with Gasteiger partial charge in [-0.3, -0.25) is 4.79 Å². The molecule has 0 amide bonds. The summed E-state index contributed by atoms with van der Waals surface area (Å²) in [6, 6.07) is 10.5. The van der Waals surface area contributed by atoms with Crippen LogP contribution in [0.15, 0.2) is 51.9 Å². The number of nitrogens with zero attached hydrogens (tertiary/aromatic N) is 4. The van der Waals surface area contributed by atoms with Gasteiger partial charge in [0, 0.05) is 16.8 Å². The number of fused-ring (bicyclic) bond motifs is 1. The minimum absolute atomic E-state index is 0.268. The molecular formula is C19H14Cl2N4O2. The average molecular weight is 401 g/mol. The number of benzene rings is 1. The van der Waals surface area contributed by atoms with Gasteiger partial charge in [0.25, 0.3) is 5.56 Å². The summed E-state index contributed by atoms with van der Waals surface area (Å²) < 4.78 is 6.81. The lowest BCUT2D eigenvalue weighted by Gasteiger charge is -2.16. The van der Waals surface area contributed by atoms with E-state index in [0.717, 1.165) is 5.56 Å². The normalized spacial score (nSPS) is 12.4. The second-order valence-electron chi connectivity index (χ2n) is 6.14. The zero-order valence-electron chi connectivity index (χ0n) is 14.5. The molecule has 1 aromatic carbocycles. The molecule has 0 bridgehead atoms. The van der Waals surface area contributed by atoms with Crippen LogP contribution in [0, 0.1) is 6.92 Å². The Labute approximate surface area is 164 Å². The van der Waals surface area contributed by atoms with E-state index in [4.69, 9.17) is 27.7 Å². The molecule has 0 saturated heterocycles. The summed E-state index contributed by atoms with van der Waals surface area (Å²) in [4.78, 5) is 17.2. The van der Waals surface area contributed by atoms with E-state index in [9.17, 15) is 4.79 Å². The highest BCUT2D eigenvalue weighted by atomic mass is 35.5. The fourth-order valence-corrected chi connectivity index (χ4v) is 3.31. The third-order valence-electron chi connectivity index (χ3n) is 4.44. The van der Waals surface area contributed by atoms with Crippen LogP contribution in [0.1, 0.15) is 24.2 Å². The lowest BCUT2D eigenvalue weighted by Crippen LogP contribution is -2.27. The summed E-state index contributed by atoms with van der Waals surface area (Å²) in [5, 5.41) is 9.77. The van der Waals surface area contributed by atoms with Crippen LogP contribution in [0.25, 0.3) is 22.2 Å². The second kappa shape index (κ2) is 6.79. The van der Waals surface area contributed by atoms with Crippen molar-refractivity contribution in [1.29, 1.82) is 0 Å². The lowest BCUT2D eigenvalue weighted by molar-refractivity contribution is 0.448. The zero-order chi connectivity index (χ0) is 19.1. The molecule has 8 heteroatoms. The van der Waals surface area contributed by atoms with Crippen molar-refractivity contribution in [2.24, 2.45) is 0 Å². The van der Waals surface area contributed by atoms with Crippen molar-refractivity contribution in [3.8, 4) is 11.3 Å². The van der Waals surface area contributed by atoms with Crippen molar-refractivity contribution in [1.82, 2.24) is 19.9 Å². The number of hydrogen-bond acceptors (Lipinski definition) is 5. The van der Waals surface area contributed by atoms with Crippen LogP contribution in [-0.2, 0) is 0 Å². The molecule has 0 aliphatic carbocycles. The van der Waals surface area contributed by atoms with E-state index in [0.29, 0.717) is 32.9 Å². The van der Waals surface area contributed by atoms with Gasteiger partial charge >= 0.3 is 0 Å². The smallest absolute Gasteiger partial charge is 0.280 e. The number of aromatic nitrogens is 4. The maximum atomic E-state index is 13.1. The SMILES string of the molecule is Cc1noc2c(-c3cccnc3Cl)nn(C(C)c3ccc(Cl)cc3)c(=O)c12. The molecule has 3 aromatic heterocycles. The fraction of sp³-hybridized carbons (Fsp3) is 0.158. The Hall–Kier alpha value is -2.70. The summed E-state index contributed by atoms with van der Waals surface area (Å²) in [5.74, 6) is 0. The topological polar surface area (TPSA) is 73.8 Å². The Morgan fingerprint density at radius 1 is 1.15 bits per heavy atom. The van der Waals surface area contributed by atoms with Gasteiger partial charge in [0.05, 0.1) is 11.7 Å². The van der Waals surface area contributed by atoms with Gasteiger partial charge in [-0.05, 0) is 43.7 Å². The average Bonchev–Trinajstić information content (AvgIpc) is 3.05. The fourth-order valence-electron chi connectivity index (χ4n) is 2.98. The Morgan fingerprint density at radius 3 is 2.59 bits per heavy atom. The molecule has 0 N–H and O–H groups in total. The molecule has 4 rings (SSSR count). The molecule has 1 atom stereocenters. The van der Waals surface area contributed by atoms with Crippen LogP contribution in [0.5, 0.6) is 0 Å². The highest BCUT2D eigenvalue weighted by molar-refractivity contribution is 6.32. The molecule has 1 unspecified atom stereocenters. The van der Waals surface area contributed by atoms with Crippen LogP contribution in [0.4, 0.5) is 0 Å². The van der Waals surface area contributed by atoms with Crippen molar-refractivity contribution in [3.05, 3.63) is 74.4 Å². The third-order valence-corrected chi connectivity index (χ3v) is 4.99. The van der Waals surface area contributed by atoms with Gasteiger partial charge in [-0.15, -0.1) is 0 Å². The molecule has 0 saturated carbocycles. The molecule has 136 valence electrons. The summed E-state index contributed by atoms with van der Waals surface area (Å²) in [6.45, 7) is 3.61. The first-order chi connectivity index (χ1) is 13.0. The molecule has 4 aromatic rings. The van der Waals surface area contributed by atoms with Crippen molar-refractivity contribution in [2.75, 3.05) is 0 Å². The van der Waals surface area contributed by atoms with Gasteiger partial charge < -0.3 is 4.52 Å². The Kier molecular flexibility index (Phi) is 4.45. The largest absolute Gasteiger partial charge is 0.353 e. The third kappa shape index (κ3) is 3.01. The maximum Gasteiger partial charge on any atom is 0.280 e. The molecule has 0 fully saturated rings. The lowest BCUT2D eigenvalue weighted by atomic mass is 10.1. The molecule has 3 heterocycles. The van der Waals surface area contributed by atoms with E-state index in [2.05, 4.69) is 15.2 Å². The summed E-state index contributed by atoms with van der Waals surface area (Å²) in [7, 11) is 0. The van der Waals surface area contributed by atoms with E-state index in [1.54, 1.807) is 37.4 Å². The van der Waals surface area contributed by atoms with Gasteiger partial charge in [-0.2, -0.15) is 5.10 Å². The predicted octanol–water partition coefficient (Wildman–Crippen LogP) is 4.67. The maximum absolute atomic E-state index is 13.1. The zero-order valence-corrected chi connectivity index (χ0v) is 16.0. The molecule has 27 heavy (non-hydrogen) atoms. The van der Waals surface area contributed by atoms with Crippen LogP contribution in [-0.4, -0.2) is 19.9 Å². The summed E-state index contributed by atoms with van der Waals surface area (Å²) >= 11 is 12.2. The van der Waals surface area contributed by atoms with Crippen molar-refractivity contribution in [3.63, 3.8) is 0 Å². The van der Waals surface area contributed by atoms with Crippen LogP contribution in [0.2, 0.25) is 10.2 Å². The van der Waals surface area contributed by atoms with E-state index >= 15 is 0 Å². The molecule has 6 nitrogen and oxygen atoms in total. The minimum Gasteiger partial charge on any atom is -0.353 e. The highest BCUT2D eigenvalue weighted by Crippen LogP contribution is 2.31. The Balaban J connectivity index is 2.00. The molecule has 0 aliphatic heterocycles. The van der Waals surface area contributed by atoms with Crippen molar-refractivity contribution >= 4 is 34.2 Å². The van der Waals surface area contributed by atoms with Gasteiger partial charge in [-0.1, -0.05) is 40.5 Å². The predicted molar refractivity (Wildman–Crippen MR) is 104 cm³/mol. The van der Waals surface area contributed by atoms with Crippen LogP contribution >= 0.6 is 23.2 Å². The van der Waals surface area contributed by atoms with Crippen molar-refractivity contribution in [2.45, 2.75) is 19.9 Å². The van der Waals surface area contributed by atoms with E-state index in [1.807, 2.05) is 19.1 Å². The summed E-state index contributed by atoms with van der Waals surface area (Å²) in [5.41, 5.74) is 2.39. The highest BCUT2D eigenvalue weighted by Gasteiger charge is 2.23. The Morgan fingerprint density at radius 2 is 1.89 bits per heavy atom. The monoisotopic (exact) mass is 400 g/mol. The van der Waals surface area contributed by atoms with Gasteiger partial charge in [0.15, 0.2) is 0 Å². The van der Waals surface area contributed by atoms with E-state index < -0.39 is 0 Å². The summed E-state index contributed by atoms with van der Waals surface area (Å²) in [6.07, 6.45) is 1.58. The first kappa shape index (κ1) is 17.7. The first-order valence-electron chi connectivity index (χ1n) is 8.22. The van der Waals surface area contributed by atoms with Crippen LogP contribution in [0.3, 0.4) is 0 Å². The minimum atomic E-state index is -0.331. The van der Waals surface area contributed by atoms with Gasteiger partial charge in [0.1, 0.15) is 16.2 Å². The molecule has 0 spiro atoms. The van der Waals surface area contributed by atoms with Crippen molar-refractivity contribution < 1.29 is 4.52 Å². The van der Waals surface area contributed by atoms with E-state index in [1.165, 1.54) is 4.68 Å². The van der Waals surface area contributed by atoms with Gasteiger partial charge in [0.2, 0.25) is 5.58 Å². The number of hydrogen-bond donors (Lipinski definition) is 0. The quantitative estimate of drug-likeness (QED) is 0.467. The molecular weight excluding hydrogens is 387 g/mol. The molecule has 0 aliphatic rings. The first-order valence-corrected chi connectivity index (χ1v) is 8.98. The van der Waals surface area contributed by atoms with Crippen LogP contribution < -0.4 is 5.56 Å².